The summed E-state index contributed by atoms with van der Waals surface area (Å²) in [6.45, 7) is 5.75. The van der Waals surface area contributed by atoms with Crippen LogP contribution in [0.3, 0.4) is 0 Å². The number of ether oxygens (including phenoxy) is 1. The summed E-state index contributed by atoms with van der Waals surface area (Å²) < 4.78 is 5.59. The number of allylic oxidation sites excluding steroid dienone is 1. The van der Waals surface area contributed by atoms with Crippen LogP contribution in [0.2, 0.25) is 0 Å². The van der Waals surface area contributed by atoms with E-state index in [2.05, 4.69) is 6.58 Å². The van der Waals surface area contributed by atoms with Crippen molar-refractivity contribution in [2.75, 3.05) is 19.7 Å². The minimum Gasteiger partial charge on any atom is -0.376 e. The van der Waals surface area contributed by atoms with Crippen LogP contribution in [0.1, 0.15) is 19.3 Å². The summed E-state index contributed by atoms with van der Waals surface area (Å²) in [4.78, 5) is 12.4. The molecule has 0 saturated carbocycles. The summed E-state index contributed by atoms with van der Waals surface area (Å²) in [5, 5.41) is 0. The second-order valence-electron chi connectivity index (χ2n) is 3.50. The minimum absolute atomic E-state index is 0.173. The monoisotopic (exact) mass is 198 g/mol. The summed E-state index contributed by atoms with van der Waals surface area (Å²) in [5.74, 6) is 0. The summed E-state index contributed by atoms with van der Waals surface area (Å²) >= 11 is 0. The Morgan fingerprint density at radius 1 is 1.71 bits per heavy atom. The van der Waals surface area contributed by atoms with Crippen LogP contribution in [0.25, 0.3) is 0 Å². The summed E-state index contributed by atoms with van der Waals surface area (Å²) in [7, 11) is 0. The third-order valence-corrected chi connectivity index (χ3v) is 2.36. The molecule has 4 nitrogen and oxygen atoms in total. The molecule has 0 aromatic rings. The van der Waals surface area contributed by atoms with Gasteiger partial charge in [0.2, 0.25) is 0 Å². The third kappa shape index (κ3) is 3.38. The van der Waals surface area contributed by atoms with Gasteiger partial charge in [0.05, 0.1) is 6.10 Å². The van der Waals surface area contributed by atoms with Crippen molar-refractivity contribution in [3.63, 3.8) is 0 Å². The van der Waals surface area contributed by atoms with E-state index in [1.165, 1.54) is 0 Å². The average Bonchev–Trinajstić information content (AvgIpc) is 2.61. The molecule has 4 heteroatoms. The maximum atomic E-state index is 10.8. The van der Waals surface area contributed by atoms with Crippen LogP contribution >= 0.6 is 0 Å². The van der Waals surface area contributed by atoms with Gasteiger partial charge >= 0.3 is 6.03 Å². The Morgan fingerprint density at radius 3 is 3.07 bits per heavy atom. The van der Waals surface area contributed by atoms with Gasteiger partial charge < -0.3 is 15.4 Å². The molecule has 0 radical (unpaired) electrons. The van der Waals surface area contributed by atoms with Crippen molar-refractivity contribution >= 4 is 6.03 Å². The molecule has 0 unspecified atom stereocenters. The number of nitrogens with two attached hydrogens (primary N) is 1. The van der Waals surface area contributed by atoms with E-state index < -0.39 is 0 Å². The molecule has 0 spiro atoms. The van der Waals surface area contributed by atoms with Crippen molar-refractivity contribution in [1.29, 1.82) is 0 Å². The Kier molecular flexibility index (Phi) is 4.46. The molecule has 14 heavy (non-hydrogen) atoms. The zero-order valence-electron chi connectivity index (χ0n) is 8.45. The quantitative estimate of drug-likeness (QED) is 0.531. The lowest BCUT2D eigenvalue weighted by Crippen LogP contribution is -2.34. The Bertz CT molecular complexity index is 206. The van der Waals surface area contributed by atoms with Gasteiger partial charge in [-0.25, -0.2) is 4.79 Å². The highest BCUT2D eigenvalue weighted by atomic mass is 16.5. The fourth-order valence-corrected chi connectivity index (χ4v) is 1.54. The number of unbranched alkanes of at least 4 members (excludes halogenated alkanes) is 1. The van der Waals surface area contributed by atoms with Crippen molar-refractivity contribution in [3.05, 3.63) is 12.7 Å². The number of amides is 2. The second-order valence-corrected chi connectivity index (χ2v) is 3.50. The second kappa shape index (κ2) is 5.65. The summed E-state index contributed by atoms with van der Waals surface area (Å²) in [6.07, 6.45) is 4.93. The first-order valence-electron chi connectivity index (χ1n) is 5.01. The van der Waals surface area contributed by atoms with Crippen molar-refractivity contribution in [2.45, 2.75) is 25.4 Å². The lowest BCUT2D eigenvalue weighted by atomic mass is 10.3. The highest BCUT2D eigenvalue weighted by molar-refractivity contribution is 5.72. The SMILES string of the molecule is C=CCCCO[C@H]1CCN(C(N)=O)C1. The molecule has 2 N–H and O–H groups in total. The number of hydrogen-bond acceptors (Lipinski definition) is 2. The highest BCUT2D eigenvalue weighted by Gasteiger charge is 2.24. The van der Waals surface area contributed by atoms with Gasteiger partial charge in [0, 0.05) is 19.7 Å². The number of carbonyl (C=O) groups is 1. The Balaban J connectivity index is 2.10. The van der Waals surface area contributed by atoms with Crippen molar-refractivity contribution < 1.29 is 9.53 Å². The fraction of sp³-hybridized carbons (Fsp3) is 0.700. The van der Waals surface area contributed by atoms with Gasteiger partial charge in [0.1, 0.15) is 0 Å². The number of likely N-dealkylation sites (tertiary alicyclic amines) is 1. The zero-order valence-corrected chi connectivity index (χ0v) is 8.45. The maximum Gasteiger partial charge on any atom is 0.314 e. The molecule has 1 aliphatic rings. The van der Waals surface area contributed by atoms with Crippen molar-refractivity contribution in [2.24, 2.45) is 5.73 Å². The number of hydrogen-bond donors (Lipinski definition) is 1. The van der Waals surface area contributed by atoms with Gasteiger partial charge in [-0.15, -0.1) is 6.58 Å². The van der Waals surface area contributed by atoms with Gasteiger partial charge in [0.15, 0.2) is 0 Å². The molecule has 0 bridgehead atoms. The number of carbonyl (C=O) groups excluding carboxylic acids is 1. The molecule has 1 fully saturated rings. The molecule has 1 rings (SSSR count). The standard InChI is InChI=1S/C10H18N2O2/c1-2-3-4-7-14-9-5-6-12(8-9)10(11)13/h2,9H,1,3-8H2,(H2,11,13)/t9-/m0/s1. The van der Waals surface area contributed by atoms with Gasteiger partial charge in [-0.3, -0.25) is 0 Å². The number of rotatable bonds is 5. The van der Waals surface area contributed by atoms with E-state index >= 15 is 0 Å². The Morgan fingerprint density at radius 2 is 2.50 bits per heavy atom. The van der Waals surface area contributed by atoms with E-state index in [-0.39, 0.29) is 12.1 Å². The number of nitrogens with zero attached hydrogens (tertiary/aromatic N) is 1. The molecule has 1 atom stereocenters. The summed E-state index contributed by atoms with van der Waals surface area (Å²) in [6, 6.07) is -0.345. The molecule has 1 heterocycles. The van der Waals surface area contributed by atoms with E-state index in [0.717, 1.165) is 32.4 Å². The molecule has 2 amide bonds. The predicted molar refractivity (Wildman–Crippen MR) is 54.9 cm³/mol. The van der Waals surface area contributed by atoms with Crippen LogP contribution in [0.5, 0.6) is 0 Å². The molecule has 1 saturated heterocycles. The van der Waals surface area contributed by atoms with Crippen molar-refractivity contribution in [1.82, 2.24) is 4.90 Å². The van der Waals surface area contributed by atoms with Crippen molar-refractivity contribution in [3.8, 4) is 0 Å². The maximum absolute atomic E-state index is 10.8. The molecular weight excluding hydrogens is 180 g/mol. The van der Waals surface area contributed by atoms with Gasteiger partial charge in [-0.05, 0) is 19.3 Å². The van der Waals surface area contributed by atoms with E-state index in [1.807, 2.05) is 6.08 Å². The Hall–Kier alpha value is -1.03. The first-order valence-corrected chi connectivity index (χ1v) is 5.01. The zero-order chi connectivity index (χ0) is 10.4. The fourth-order valence-electron chi connectivity index (χ4n) is 1.54. The van der Waals surface area contributed by atoms with E-state index in [0.29, 0.717) is 6.54 Å². The first-order chi connectivity index (χ1) is 6.74. The lowest BCUT2D eigenvalue weighted by molar-refractivity contribution is 0.0603. The highest BCUT2D eigenvalue weighted by Crippen LogP contribution is 2.12. The van der Waals surface area contributed by atoms with Crippen LogP contribution in [0.4, 0.5) is 4.79 Å². The predicted octanol–water partition coefficient (Wildman–Crippen LogP) is 1.12. The molecule has 0 aromatic heterocycles. The molecule has 1 aliphatic heterocycles. The van der Waals surface area contributed by atoms with E-state index in [9.17, 15) is 4.79 Å². The van der Waals surface area contributed by atoms with E-state index in [1.54, 1.807) is 4.90 Å². The molecule has 0 aliphatic carbocycles. The van der Waals surface area contributed by atoms with Crippen LogP contribution in [-0.4, -0.2) is 36.7 Å². The molecular formula is C10H18N2O2. The molecule has 80 valence electrons. The van der Waals surface area contributed by atoms with Gasteiger partial charge in [0.25, 0.3) is 0 Å². The van der Waals surface area contributed by atoms with E-state index in [4.69, 9.17) is 10.5 Å². The van der Waals surface area contributed by atoms with Crippen LogP contribution < -0.4 is 5.73 Å². The average molecular weight is 198 g/mol. The molecule has 0 aromatic carbocycles. The minimum atomic E-state index is -0.345. The Labute approximate surface area is 84.7 Å². The number of urea groups is 1. The number of primary amides is 1. The first kappa shape index (κ1) is 11.0. The summed E-state index contributed by atoms with van der Waals surface area (Å²) in [5.41, 5.74) is 5.15. The normalized spacial score (nSPS) is 21.1. The van der Waals surface area contributed by atoms with Gasteiger partial charge in [-0.2, -0.15) is 0 Å². The lowest BCUT2D eigenvalue weighted by Gasteiger charge is -2.13. The topological polar surface area (TPSA) is 55.6 Å². The smallest absolute Gasteiger partial charge is 0.314 e. The third-order valence-electron chi connectivity index (χ3n) is 2.36. The van der Waals surface area contributed by atoms with Gasteiger partial charge in [-0.1, -0.05) is 6.08 Å². The van der Waals surface area contributed by atoms with Crippen LogP contribution in [0, 0.1) is 0 Å². The largest absolute Gasteiger partial charge is 0.376 e. The van der Waals surface area contributed by atoms with Crippen LogP contribution in [-0.2, 0) is 4.74 Å². The van der Waals surface area contributed by atoms with Crippen LogP contribution in [0.15, 0.2) is 12.7 Å².